The van der Waals surface area contributed by atoms with E-state index in [1.54, 1.807) is 44.6 Å². The number of methoxy groups -OCH3 is 2. The zero-order valence-corrected chi connectivity index (χ0v) is 19.0. The summed E-state index contributed by atoms with van der Waals surface area (Å²) in [6.45, 7) is 1.98. The van der Waals surface area contributed by atoms with E-state index in [1.165, 1.54) is 11.3 Å². The summed E-state index contributed by atoms with van der Waals surface area (Å²) in [7, 11) is 3.13. The van der Waals surface area contributed by atoms with E-state index in [2.05, 4.69) is 15.6 Å². The smallest absolute Gasteiger partial charge is 0.257 e. The molecule has 1 unspecified atom stereocenters. The number of anilines is 2. The maximum atomic E-state index is 13.1. The van der Waals surface area contributed by atoms with Crippen LogP contribution in [0.3, 0.4) is 0 Å². The van der Waals surface area contributed by atoms with Gasteiger partial charge < -0.3 is 14.8 Å². The van der Waals surface area contributed by atoms with Gasteiger partial charge in [-0.25, -0.2) is 4.98 Å². The van der Waals surface area contributed by atoms with Crippen molar-refractivity contribution in [2.75, 3.05) is 24.9 Å². The van der Waals surface area contributed by atoms with Crippen molar-refractivity contribution in [2.24, 2.45) is 0 Å². The Morgan fingerprint density at radius 3 is 2.56 bits per heavy atom. The molecule has 0 spiro atoms. The molecule has 2 amide bonds. The highest BCUT2D eigenvalue weighted by atomic mass is 32.1. The lowest BCUT2D eigenvalue weighted by Gasteiger charge is -2.21. The Balaban J connectivity index is 1.51. The third-order valence-corrected chi connectivity index (χ3v) is 6.52. The molecule has 0 aliphatic heterocycles. The first-order chi connectivity index (χ1) is 15.5. The average molecular weight is 452 g/mol. The Hall–Kier alpha value is -3.39. The summed E-state index contributed by atoms with van der Waals surface area (Å²) < 4.78 is 10.6. The number of hydrogen-bond donors (Lipinski definition) is 2. The lowest BCUT2D eigenvalue weighted by Crippen LogP contribution is -2.25. The van der Waals surface area contributed by atoms with Crippen molar-refractivity contribution < 1.29 is 19.1 Å². The summed E-state index contributed by atoms with van der Waals surface area (Å²) in [5, 5.41) is 6.36. The molecule has 32 heavy (non-hydrogen) atoms. The van der Waals surface area contributed by atoms with Crippen molar-refractivity contribution in [3.8, 4) is 11.5 Å². The van der Waals surface area contributed by atoms with E-state index in [9.17, 15) is 9.59 Å². The minimum Gasteiger partial charge on any atom is -0.497 e. The highest BCUT2D eigenvalue weighted by molar-refractivity contribution is 7.16. The second-order valence-electron chi connectivity index (χ2n) is 7.65. The van der Waals surface area contributed by atoms with Gasteiger partial charge in [0.05, 0.1) is 31.5 Å². The Kier molecular flexibility index (Phi) is 6.41. The van der Waals surface area contributed by atoms with Crippen molar-refractivity contribution in [2.45, 2.75) is 32.1 Å². The average Bonchev–Trinajstić information content (AvgIpc) is 3.22. The largest absolute Gasteiger partial charge is 0.497 e. The molecule has 7 nitrogen and oxygen atoms in total. The van der Waals surface area contributed by atoms with E-state index in [0.29, 0.717) is 34.3 Å². The summed E-state index contributed by atoms with van der Waals surface area (Å²) in [6, 6.07) is 12.6. The topological polar surface area (TPSA) is 89.6 Å². The van der Waals surface area contributed by atoms with Crippen molar-refractivity contribution in [1.82, 2.24) is 4.98 Å². The van der Waals surface area contributed by atoms with Crippen LogP contribution in [0.5, 0.6) is 11.5 Å². The number of amides is 2. The van der Waals surface area contributed by atoms with Gasteiger partial charge in [0.25, 0.3) is 5.91 Å². The molecule has 1 heterocycles. The van der Waals surface area contributed by atoms with Crippen LogP contribution in [0.25, 0.3) is 0 Å². The van der Waals surface area contributed by atoms with Gasteiger partial charge >= 0.3 is 0 Å². The van der Waals surface area contributed by atoms with Crippen LogP contribution in [-0.2, 0) is 11.2 Å². The number of nitrogens with one attached hydrogen (secondary N) is 2. The number of nitrogens with zero attached hydrogens (tertiary/aromatic N) is 1. The second-order valence-corrected chi connectivity index (χ2v) is 8.73. The molecule has 1 aromatic heterocycles. The number of aryl methyl sites for hydroxylation is 2. The number of benzene rings is 2. The number of carbonyl (C=O) groups is 2. The van der Waals surface area contributed by atoms with E-state index in [0.717, 1.165) is 29.0 Å². The van der Waals surface area contributed by atoms with Gasteiger partial charge in [-0.2, -0.15) is 0 Å². The van der Waals surface area contributed by atoms with E-state index in [-0.39, 0.29) is 17.7 Å². The molecule has 0 fully saturated rings. The molecular weight excluding hydrogens is 426 g/mol. The van der Waals surface area contributed by atoms with Crippen LogP contribution in [0.15, 0.2) is 42.5 Å². The van der Waals surface area contributed by atoms with Gasteiger partial charge in [0, 0.05) is 16.5 Å². The van der Waals surface area contributed by atoms with Gasteiger partial charge in [0.1, 0.15) is 11.5 Å². The normalized spacial score (nSPS) is 14.9. The van der Waals surface area contributed by atoms with Crippen LogP contribution in [0.1, 0.15) is 45.3 Å². The van der Waals surface area contributed by atoms with Crippen LogP contribution < -0.4 is 20.1 Å². The van der Waals surface area contributed by atoms with Crippen LogP contribution in [0.2, 0.25) is 0 Å². The first-order valence-electron chi connectivity index (χ1n) is 10.4. The lowest BCUT2D eigenvalue weighted by atomic mass is 9.90. The number of carbonyl (C=O) groups excluding carboxylic acids is 2. The highest BCUT2D eigenvalue weighted by Gasteiger charge is 2.31. The van der Waals surface area contributed by atoms with Gasteiger partial charge in [-0.05, 0) is 50.5 Å². The molecular formula is C24H25N3O4S. The van der Waals surface area contributed by atoms with E-state index in [4.69, 9.17) is 9.47 Å². The summed E-state index contributed by atoms with van der Waals surface area (Å²) in [5.74, 6) is 0.439. The predicted octanol–water partition coefficient (Wildman–Crippen LogP) is 4.78. The van der Waals surface area contributed by atoms with Gasteiger partial charge in [0.2, 0.25) is 5.91 Å². The van der Waals surface area contributed by atoms with Gasteiger partial charge in [-0.1, -0.05) is 17.7 Å². The van der Waals surface area contributed by atoms with Crippen molar-refractivity contribution >= 4 is 34.0 Å². The third kappa shape index (κ3) is 4.60. The molecule has 0 saturated heterocycles. The molecule has 1 atom stereocenters. The van der Waals surface area contributed by atoms with Crippen LogP contribution >= 0.6 is 11.3 Å². The Morgan fingerprint density at radius 2 is 1.84 bits per heavy atom. The molecule has 166 valence electrons. The zero-order chi connectivity index (χ0) is 22.7. The quantitative estimate of drug-likeness (QED) is 0.563. The molecule has 1 aliphatic carbocycles. The monoisotopic (exact) mass is 451 g/mol. The number of aromatic nitrogens is 1. The van der Waals surface area contributed by atoms with E-state index in [1.807, 2.05) is 19.1 Å². The minimum absolute atomic E-state index is 0.142. The highest BCUT2D eigenvalue weighted by Crippen LogP contribution is 2.38. The number of thiazole rings is 1. The fourth-order valence-electron chi connectivity index (χ4n) is 3.72. The van der Waals surface area contributed by atoms with Crippen LogP contribution in [-0.4, -0.2) is 31.0 Å². The number of rotatable bonds is 6. The molecule has 0 saturated carbocycles. The van der Waals surface area contributed by atoms with Crippen LogP contribution in [0, 0.1) is 6.92 Å². The Bertz CT molecular complexity index is 1140. The minimum atomic E-state index is -0.383. The summed E-state index contributed by atoms with van der Waals surface area (Å²) >= 11 is 1.44. The maximum absolute atomic E-state index is 13.1. The summed E-state index contributed by atoms with van der Waals surface area (Å²) in [4.78, 5) is 31.3. The third-order valence-electron chi connectivity index (χ3n) is 5.47. The molecule has 1 aliphatic rings. The number of ether oxygens (including phenoxy) is 2. The lowest BCUT2D eigenvalue weighted by molar-refractivity contribution is -0.118. The molecule has 2 aromatic carbocycles. The molecule has 0 radical (unpaired) electrons. The van der Waals surface area contributed by atoms with Crippen molar-refractivity contribution in [1.29, 1.82) is 0 Å². The Labute approximate surface area is 190 Å². The predicted molar refractivity (Wildman–Crippen MR) is 125 cm³/mol. The summed E-state index contributed by atoms with van der Waals surface area (Å²) in [6.07, 6.45) is 2.44. The Morgan fingerprint density at radius 1 is 1.06 bits per heavy atom. The van der Waals surface area contributed by atoms with Gasteiger partial charge in [-0.15, -0.1) is 11.3 Å². The summed E-state index contributed by atoms with van der Waals surface area (Å²) in [5.41, 5.74) is 2.98. The molecule has 8 heteroatoms. The van der Waals surface area contributed by atoms with Gasteiger partial charge in [0.15, 0.2) is 5.13 Å². The molecule has 0 bridgehead atoms. The number of fused-ring (bicyclic) bond motifs is 1. The molecule has 2 N–H and O–H groups in total. The first-order valence-corrected chi connectivity index (χ1v) is 11.2. The standard InChI is InChI=1S/C24H25N3O4S/c1-14-7-9-15(10-8-14)22(28)27-24-26-21-17(5-4-6-20(21)32-24)23(29)25-18-12-11-16(30-2)13-19(18)31-3/h7-13,17H,4-6H2,1-3H3,(H,25,29)(H,26,27,28). The fourth-order valence-corrected chi connectivity index (χ4v) is 4.78. The van der Waals surface area contributed by atoms with E-state index >= 15 is 0 Å². The number of hydrogen-bond acceptors (Lipinski definition) is 6. The first kappa shape index (κ1) is 21.8. The van der Waals surface area contributed by atoms with Crippen molar-refractivity contribution in [3.63, 3.8) is 0 Å². The van der Waals surface area contributed by atoms with Crippen molar-refractivity contribution in [3.05, 3.63) is 64.2 Å². The van der Waals surface area contributed by atoms with E-state index < -0.39 is 0 Å². The molecule has 3 aromatic rings. The SMILES string of the molecule is COc1ccc(NC(=O)C2CCCc3sc(NC(=O)c4ccc(C)cc4)nc32)c(OC)c1. The van der Waals surface area contributed by atoms with Gasteiger partial charge in [-0.3, -0.25) is 14.9 Å². The zero-order valence-electron chi connectivity index (χ0n) is 18.2. The second kappa shape index (κ2) is 9.40. The fraction of sp³-hybridized carbons (Fsp3) is 0.292. The van der Waals surface area contributed by atoms with Crippen LogP contribution in [0.4, 0.5) is 10.8 Å². The molecule has 4 rings (SSSR count). The maximum Gasteiger partial charge on any atom is 0.257 e.